The smallest absolute Gasteiger partial charge is 0.241 e. The molecule has 2 aliphatic heterocycles. The van der Waals surface area contributed by atoms with Gasteiger partial charge in [0, 0.05) is 25.0 Å². The van der Waals surface area contributed by atoms with Crippen LogP contribution in [0.3, 0.4) is 0 Å². The Morgan fingerprint density at radius 1 is 1.25 bits per heavy atom. The number of piperidine rings is 2. The molecule has 2 aliphatic rings. The minimum Gasteiger partial charge on any atom is -0.347 e. The number of carbonyl (C=O) groups is 2. The second-order valence-corrected chi connectivity index (χ2v) is 5.74. The molecule has 116 valence electrons. The predicted molar refractivity (Wildman–Crippen MR) is 80.9 cm³/mol. The molecule has 2 heterocycles. The van der Waals surface area contributed by atoms with Crippen LogP contribution in [0.1, 0.15) is 39.0 Å². The molecule has 2 saturated heterocycles. The fourth-order valence-electron chi connectivity index (χ4n) is 2.93. The number of nitrogens with zero attached hydrogens (tertiary/aromatic N) is 1. The Bertz CT molecular complexity index is 332. The molecule has 0 saturated carbocycles. The van der Waals surface area contributed by atoms with Gasteiger partial charge < -0.3 is 15.5 Å². The summed E-state index contributed by atoms with van der Waals surface area (Å²) < 4.78 is 0. The van der Waals surface area contributed by atoms with Gasteiger partial charge in [-0.1, -0.05) is 0 Å². The summed E-state index contributed by atoms with van der Waals surface area (Å²) >= 11 is 0. The van der Waals surface area contributed by atoms with E-state index in [-0.39, 0.29) is 36.7 Å². The number of likely N-dealkylation sites (tertiary alicyclic amines) is 1. The van der Waals surface area contributed by atoms with Crippen molar-refractivity contribution in [3.63, 3.8) is 0 Å². The summed E-state index contributed by atoms with van der Waals surface area (Å²) in [5.41, 5.74) is 0. The van der Waals surface area contributed by atoms with E-state index in [2.05, 4.69) is 17.6 Å². The van der Waals surface area contributed by atoms with Crippen LogP contribution in [-0.4, -0.2) is 48.9 Å². The van der Waals surface area contributed by atoms with E-state index in [0.717, 1.165) is 45.3 Å². The molecule has 0 bridgehead atoms. The first kappa shape index (κ1) is 17.2. The van der Waals surface area contributed by atoms with Gasteiger partial charge in [-0.15, -0.1) is 12.4 Å². The maximum absolute atomic E-state index is 12.0. The highest BCUT2D eigenvalue weighted by molar-refractivity contribution is 5.86. The molecule has 20 heavy (non-hydrogen) atoms. The van der Waals surface area contributed by atoms with Crippen molar-refractivity contribution < 1.29 is 9.59 Å². The van der Waals surface area contributed by atoms with Crippen molar-refractivity contribution in [2.24, 2.45) is 5.92 Å². The number of nitrogens with one attached hydrogen (secondary N) is 2. The van der Waals surface area contributed by atoms with Gasteiger partial charge >= 0.3 is 0 Å². The lowest BCUT2D eigenvalue weighted by atomic mass is 9.92. The number of amides is 2. The fourth-order valence-corrected chi connectivity index (χ4v) is 2.93. The molecule has 2 amide bonds. The lowest BCUT2D eigenvalue weighted by Crippen LogP contribution is -2.46. The van der Waals surface area contributed by atoms with Crippen LogP contribution in [0.15, 0.2) is 0 Å². The first-order valence-electron chi connectivity index (χ1n) is 7.45. The molecule has 2 atom stereocenters. The average Bonchev–Trinajstić information content (AvgIpc) is 2.45. The zero-order chi connectivity index (χ0) is 13.7. The molecule has 0 aromatic carbocycles. The van der Waals surface area contributed by atoms with Crippen LogP contribution in [-0.2, 0) is 9.59 Å². The van der Waals surface area contributed by atoms with Gasteiger partial charge in [0.05, 0.1) is 6.54 Å². The van der Waals surface area contributed by atoms with Gasteiger partial charge in [-0.05, 0) is 45.6 Å². The van der Waals surface area contributed by atoms with E-state index < -0.39 is 0 Å². The first-order valence-corrected chi connectivity index (χ1v) is 7.45. The third-order valence-electron chi connectivity index (χ3n) is 4.12. The molecule has 0 aromatic heterocycles. The van der Waals surface area contributed by atoms with Crippen molar-refractivity contribution in [3.05, 3.63) is 0 Å². The fraction of sp³-hybridized carbons (Fsp3) is 0.857. The van der Waals surface area contributed by atoms with Gasteiger partial charge in [0.15, 0.2) is 0 Å². The Balaban J connectivity index is 0.00000200. The van der Waals surface area contributed by atoms with E-state index >= 15 is 0 Å². The topological polar surface area (TPSA) is 61.4 Å². The number of hydrogen-bond acceptors (Lipinski definition) is 3. The predicted octanol–water partition coefficient (Wildman–Crippen LogP) is 0.925. The van der Waals surface area contributed by atoms with Gasteiger partial charge in [0.1, 0.15) is 0 Å². The van der Waals surface area contributed by atoms with Crippen molar-refractivity contribution in [2.75, 3.05) is 26.2 Å². The average molecular weight is 304 g/mol. The van der Waals surface area contributed by atoms with Gasteiger partial charge in [-0.3, -0.25) is 9.59 Å². The van der Waals surface area contributed by atoms with Crippen molar-refractivity contribution in [2.45, 2.75) is 45.1 Å². The van der Waals surface area contributed by atoms with E-state index in [1.165, 1.54) is 6.42 Å². The third-order valence-corrected chi connectivity index (χ3v) is 4.12. The standard InChI is InChI=1S/C14H25N3O2.ClH/c1-11-9-12(5-6-15-11)14(19)16-10-13(18)17-7-3-2-4-8-17;/h11-12,15H,2-10H2,1H3,(H,16,19);1H/t11-,12-;/m0./s1. The monoisotopic (exact) mass is 303 g/mol. The molecule has 0 spiro atoms. The van der Waals surface area contributed by atoms with E-state index in [9.17, 15) is 9.59 Å². The van der Waals surface area contributed by atoms with Crippen LogP contribution in [0.4, 0.5) is 0 Å². The highest BCUT2D eigenvalue weighted by Gasteiger charge is 2.25. The van der Waals surface area contributed by atoms with Gasteiger partial charge in [-0.25, -0.2) is 0 Å². The summed E-state index contributed by atoms with van der Waals surface area (Å²) in [6.45, 7) is 4.84. The summed E-state index contributed by atoms with van der Waals surface area (Å²) in [7, 11) is 0. The minimum absolute atomic E-state index is 0. The Morgan fingerprint density at radius 2 is 1.95 bits per heavy atom. The Kier molecular flexibility index (Phi) is 7.30. The lowest BCUT2D eigenvalue weighted by molar-refractivity contribution is -0.134. The summed E-state index contributed by atoms with van der Waals surface area (Å²) in [6.07, 6.45) is 5.12. The van der Waals surface area contributed by atoms with E-state index in [1.54, 1.807) is 0 Å². The third kappa shape index (κ3) is 4.94. The number of hydrogen-bond donors (Lipinski definition) is 2. The molecule has 2 N–H and O–H groups in total. The Morgan fingerprint density at radius 3 is 2.60 bits per heavy atom. The number of rotatable bonds is 3. The van der Waals surface area contributed by atoms with Crippen LogP contribution in [0.5, 0.6) is 0 Å². The molecule has 0 radical (unpaired) electrons. The van der Waals surface area contributed by atoms with Crippen LogP contribution < -0.4 is 10.6 Å². The highest BCUT2D eigenvalue weighted by atomic mass is 35.5. The zero-order valence-corrected chi connectivity index (χ0v) is 13.0. The largest absolute Gasteiger partial charge is 0.347 e. The number of halogens is 1. The zero-order valence-electron chi connectivity index (χ0n) is 12.2. The number of carbonyl (C=O) groups excluding carboxylic acids is 2. The molecular weight excluding hydrogens is 278 g/mol. The van der Waals surface area contributed by atoms with Crippen LogP contribution >= 0.6 is 12.4 Å². The molecule has 0 aromatic rings. The van der Waals surface area contributed by atoms with Crippen LogP contribution in [0.25, 0.3) is 0 Å². The van der Waals surface area contributed by atoms with Crippen molar-refractivity contribution in [1.82, 2.24) is 15.5 Å². The Labute approximate surface area is 127 Å². The van der Waals surface area contributed by atoms with Crippen molar-refractivity contribution in [3.8, 4) is 0 Å². The van der Waals surface area contributed by atoms with Crippen molar-refractivity contribution >= 4 is 24.2 Å². The maximum Gasteiger partial charge on any atom is 0.241 e. The SMILES string of the molecule is C[C@H]1C[C@@H](C(=O)NCC(=O)N2CCCCC2)CCN1.Cl. The Hall–Kier alpha value is -0.810. The second kappa shape index (κ2) is 8.47. The van der Waals surface area contributed by atoms with E-state index in [4.69, 9.17) is 0 Å². The molecule has 5 nitrogen and oxygen atoms in total. The minimum atomic E-state index is 0. The van der Waals surface area contributed by atoms with Crippen LogP contribution in [0, 0.1) is 5.92 Å². The van der Waals surface area contributed by atoms with Crippen LogP contribution in [0.2, 0.25) is 0 Å². The summed E-state index contributed by atoms with van der Waals surface area (Å²) in [4.78, 5) is 25.8. The summed E-state index contributed by atoms with van der Waals surface area (Å²) in [5.74, 6) is 0.166. The molecule has 6 heteroatoms. The second-order valence-electron chi connectivity index (χ2n) is 5.74. The lowest BCUT2D eigenvalue weighted by Gasteiger charge is -2.29. The summed E-state index contributed by atoms with van der Waals surface area (Å²) in [5, 5.41) is 6.14. The maximum atomic E-state index is 12.0. The highest BCUT2D eigenvalue weighted by Crippen LogP contribution is 2.16. The molecule has 0 unspecified atom stereocenters. The summed E-state index contributed by atoms with van der Waals surface area (Å²) in [6, 6.07) is 0.391. The van der Waals surface area contributed by atoms with Gasteiger partial charge in [0.2, 0.25) is 11.8 Å². The van der Waals surface area contributed by atoms with E-state index in [0.29, 0.717) is 6.04 Å². The molecule has 2 fully saturated rings. The van der Waals surface area contributed by atoms with Gasteiger partial charge in [-0.2, -0.15) is 0 Å². The van der Waals surface area contributed by atoms with Gasteiger partial charge in [0.25, 0.3) is 0 Å². The quantitative estimate of drug-likeness (QED) is 0.815. The molecular formula is C14H26ClN3O2. The first-order chi connectivity index (χ1) is 9.16. The molecule has 2 rings (SSSR count). The van der Waals surface area contributed by atoms with E-state index in [1.807, 2.05) is 4.90 Å². The molecule has 0 aliphatic carbocycles. The van der Waals surface area contributed by atoms with Crippen molar-refractivity contribution in [1.29, 1.82) is 0 Å². The normalized spacial score (nSPS) is 26.6.